The molecular weight excluding hydrogens is 490 g/mol. The molecular formula is C28H30BrN3O2. The van der Waals surface area contributed by atoms with Gasteiger partial charge >= 0.3 is 0 Å². The average molecular weight is 520 g/mol. The molecule has 5 nitrogen and oxygen atoms in total. The van der Waals surface area contributed by atoms with Gasteiger partial charge in [0.25, 0.3) is 0 Å². The van der Waals surface area contributed by atoms with Gasteiger partial charge in [-0.05, 0) is 107 Å². The van der Waals surface area contributed by atoms with Gasteiger partial charge in [0.05, 0.1) is 17.8 Å². The molecule has 4 N–H and O–H groups in total. The Morgan fingerprint density at radius 2 is 1.94 bits per heavy atom. The third kappa shape index (κ3) is 4.84. The van der Waals surface area contributed by atoms with Crippen molar-refractivity contribution in [1.82, 2.24) is 10.6 Å². The second-order valence-electron chi connectivity index (χ2n) is 9.34. The van der Waals surface area contributed by atoms with Gasteiger partial charge < -0.3 is 21.1 Å². The molecule has 2 atom stereocenters. The molecule has 2 aliphatic heterocycles. The third-order valence-corrected chi connectivity index (χ3v) is 7.54. The maximum Gasteiger partial charge on any atom is 0.237 e. The van der Waals surface area contributed by atoms with Crippen LogP contribution in [0.1, 0.15) is 45.8 Å². The lowest BCUT2D eigenvalue weighted by Gasteiger charge is -2.30. The van der Waals surface area contributed by atoms with Crippen molar-refractivity contribution < 1.29 is 9.90 Å². The van der Waals surface area contributed by atoms with Crippen LogP contribution in [0, 0.1) is 6.92 Å². The second kappa shape index (κ2) is 9.80. The highest BCUT2D eigenvalue weighted by Crippen LogP contribution is 2.37. The Morgan fingerprint density at radius 3 is 2.76 bits per heavy atom. The van der Waals surface area contributed by atoms with Crippen LogP contribution in [0.2, 0.25) is 0 Å². The molecule has 3 aromatic rings. The zero-order valence-corrected chi connectivity index (χ0v) is 20.9. The van der Waals surface area contributed by atoms with Crippen LogP contribution in [0.15, 0.2) is 59.1 Å². The van der Waals surface area contributed by atoms with E-state index in [2.05, 4.69) is 68.3 Å². The molecule has 2 heterocycles. The number of amides is 1. The van der Waals surface area contributed by atoms with E-state index in [1.54, 1.807) is 6.07 Å². The molecule has 0 saturated heterocycles. The Balaban J connectivity index is 1.37. The van der Waals surface area contributed by atoms with E-state index in [-0.39, 0.29) is 18.0 Å². The Kier molecular flexibility index (Phi) is 6.61. The van der Waals surface area contributed by atoms with Crippen LogP contribution in [0.4, 0.5) is 5.69 Å². The minimum atomic E-state index is -0.293. The maximum absolute atomic E-state index is 13.4. The number of anilines is 1. The van der Waals surface area contributed by atoms with Gasteiger partial charge in [0.1, 0.15) is 5.75 Å². The summed E-state index contributed by atoms with van der Waals surface area (Å²) in [5, 5.41) is 20.2. The van der Waals surface area contributed by atoms with Gasteiger partial charge in [-0.3, -0.25) is 4.79 Å². The van der Waals surface area contributed by atoms with Crippen LogP contribution >= 0.6 is 15.9 Å². The molecule has 3 aromatic carbocycles. The number of aryl methyl sites for hydroxylation is 1. The molecule has 6 heteroatoms. The van der Waals surface area contributed by atoms with E-state index in [0.29, 0.717) is 18.7 Å². The van der Waals surface area contributed by atoms with Gasteiger partial charge in [0.2, 0.25) is 5.91 Å². The van der Waals surface area contributed by atoms with E-state index in [9.17, 15) is 9.90 Å². The van der Waals surface area contributed by atoms with Gasteiger partial charge in [0.15, 0.2) is 0 Å². The molecule has 0 bridgehead atoms. The quantitative estimate of drug-likeness (QED) is 0.400. The highest BCUT2D eigenvalue weighted by Gasteiger charge is 2.29. The number of carbonyl (C=O) groups is 1. The van der Waals surface area contributed by atoms with Crippen LogP contribution in [0.3, 0.4) is 0 Å². The van der Waals surface area contributed by atoms with Crippen LogP contribution in [0.25, 0.3) is 0 Å². The average Bonchev–Trinajstić information content (AvgIpc) is 3.03. The van der Waals surface area contributed by atoms with E-state index in [1.807, 2.05) is 19.1 Å². The molecule has 0 fully saturated rings. The van der Waals surface area contributed by atoms with Crippen molar-refractivity contribution in [2.24, 2.45) is 0 Å². The normalized spacial score (nSPS) is 19.4. The Morgan fingerprint density at radius 1 is 1.12 bits per heavy atom. The first-order valence-electron chi connectivity index (χ1n) is 11.9. The molecule has 1 amide bonds. The van der Waals surface area contributed by atoms with Gasteiger partial charge in [-0.1, -0.05) is 36.4 Å². The van der Waals surface area contributed by atoms with E-state index in [1.165, 1.54) is 16.7 Å². The van der Waals surface area contributed by atoms with E-state index < -0.39 is 0 Å². The number of rotatable bonds is 4. The first-order chi connectivity index (χ1) is 16.5. The minimum absolute atomic E-state index is 0.0303. The highest BCUT2D eigenvalue weighted by molar-refractivity contribution is 9.10. The number of halogens is 1. The summed E-state index contributed by atoms with van der Waals surface area (Å²) in [6, 6.07) is 18.1. The molecule has 0 saturated carbocycles. The zero-order valence-electron chi connectivity index (χ0n) is 19.3. The molecule has 176 valence electrons. The van der Waals surface area contributed by atoms with Gasteiger partial charge in [-0.2, -0.15) is 0 Å². The summed E-state index contributed by atoms with van der Waals surface area (Å²) in [7, 11) is 0. The van der Waals surface area contributed by atoms with Crippen LogP contribution in [-0.4, -0.2) is 30.1 Å². The largest absolute Gasteiger partial charge is 0.508 e. The first kappa shape index (κ1) is 22.9. The van der Waals surface area contributed by atoms with Gasteiger partial charge in [0, 0.05) is 11.0 Å². The number of phenols is 1. The number of fused-ring (bicyclic) bond motifs is 2. The number of nitrogens with one attached hydrogen (secondary N) is 3. The summed E-state index contributed by atoms with van der Waals surface area (Å²) in [5.41, 5.74) is 8.02. The molecule has 0 aromatic heterocycles. The Labute approximate surface area is 209 Å². The fourth-order valence-electron chi connectivity index (χ4n) is 5.23. The zero-order chi connectivity index (χ0) is 23.7. The number of carbonyl (C=O) groups excluding carboxylic acids is 1. The summed E-state index contributed by atoms with van der Waals surface area (Å²) in [6.45, 7) is 3.53. The fraction of sp³-hybridized carbons (Fsp3) is 0.321. The third-order valence-electron chi connectivity index (χ3n) is 6.92. The van der Waals surface area contributed by atoms with Crippen molar-refractivity contribution in [1.29, 1.82) is 0 Å². The molecule has 0 radical (unpaired) electrons. The SMILES string of the molecule is Cc1cc(O)cc2c1CC(C(=O)NC1CCNc3c(Br)cc(Cc4ccccc4)cc31)NCC2. The monoisotopic (exact) mass is 519 g/mol. The van der Waals surface area contributed by atoms with Crippen LogP contribution < -0.4 is 16.0 Å². The summed E-state index contributed by atoms with van der Waals surface area (Å²) < 4.78 is 1.03. The van der Waals surface area contributed by atoms with Crippen molar-refractivity contribution in [3.05, 3.63) is 92.5 Å². The van der Waals surface area contributed by atoms with E-state index in [4.69, 9.17) is 0 Å². The number of hydrogen-bond acceptors (Lipinski definition) is 4. The number of benzene rings is 3. The predicted octanol–water partition coefficient (Wildman–Crippen LogP) is 4.78. The van der Waals surface area contributed by atoms with Crippen LogP contribution in [-0.2, 0) is 24.1 Å². The standard InChI is InChI=1S/C28H30BrN3O2/c1-17-11-21(33)15-20-7-9-30-26(16-22(17)20)28(34)32-25-8-10-31-27-23(25)13-19(14-24(27)29)12-18-5-3-2-4-6-18/h2-6,11,13-15,25-26,30-31,33H,7-10,12,16H2,1H3,(H,32,34). The fourth-order valence-corrected chi connectivity index (χ4v) is 5.89. The van der Waals surface area contributed by atoms with Crippen molar-refractivity contribution >= 4 is 27.5 Å². The van der Waals surface area contributed by atoms with Crippen molar-refractivity contribution in [3.63, 3.8) is 0 Å². The first-order valence-corrected chi connectivity index (χ1v) is 12.7. The number of phenolic OH excluding ortho intramolecular Hbond substituents is 1. The summed E-state index contributed by atoms with van der Waals surface area (Å²) in [5.74, 6) is 0.324. The molecule has 2 unspecified atom stereocenters. The Hall–Kier alpha value is -2.83. The van der Waals surface area contributed by atoms with Crippen molar-refractivity contribution in [2.45, 2.75) is 44.7 Å². The van der Waals surface area contributed by atoms with E-state index in [0.717, 1.165) is 52.7 Å². The minimum Gasteiger partial charge on any atom is -0.508 e. The molecule has 34 heavy (non-hydrogen) atoms. The van der Waals surface area contributed by atoms with Crippen molar-refractivity contribution in [2.75, 3.05) is 18.4 Å². The lowest BCUT2D eigenvalue weighted by molar-refractivity contribution is -0.123. The highest BCUT2D eigenvalue weighted by atomic mass is 79.9. The lowest BCUT2D eigenvalue weighted by Crippen LogP contribution is -2.47. The second-order valence-corrected chi connectivity index (χ2v) is 10.2. The molecule has 5 rings (SSSR count). The maximum atomic E-state index is 13.4. The topological polar surface area (TPSA) is 73.4 Å². The number of aromatic hydroxyl groups is 1. The predicted molar refractivity (Wildman–Crippen MR) is 139 cm³/mol. The van der Waals surface area contributed by atoms with Gasteiger partial charge in [-0.25, -0.2) is 0 Å². The molecule has 0 aliphatic carbocycles. The molecule has 2 aliphatic rings. The summed E-state index contributed by atoms with van der Waals surface area (Å²) in [6.07, 6.45) is 3.12. The summed E-state index contributed by atoms with van der Waals surface area (Å²) >= 11 is 3.75. The summed E-state index contributed by atoms with van der Waals surface area (Å²) in [4.78, 5) is 13.4. The molecule has 0 spiro atoms. The van der Waals surface area contributed by atoms with Crippen molar-refractivity contribution in [3.8, 4) is 5.75 Å². The smallest absolute Gasteiger partial charge is 0.237 e. The lowest BCUT2D eigenvalue weighted by atomic mass is 9.92. The van der Waals surface area contributed by atoms with E-state index >= 15 is 0 Å². The Bertz CT molecular complexity index is 1210. The number of hydrogen-bond donors (Lipinski definition) is 4. The van der Waals surface area contributed by atoms with Crippen LogP contribution in [0.5, 0.6) is 5.75 Å². The van der Waals surface area contributed by atoms with Gasteiger partial charge in [-0.15, -0.1) is 0 Å².